The van der Waals surface area contributed by atoms with Crippen molar-refractivity contribution in [1.82, 2.24) is 9.80 Å². The number of carbonyl (C=O) groups is 2. The second-order valence-electron chi connectivity index (χ2n) is 6.78. The second kappa shape index (κ2) is 11.9. The molecule has 3 rings (SSSR count). The van der Waals surface area contributed by atoms with E-state index in [9.17, 15) is 5.11 Å². The molecule has 2 aromatic rings. The normalized spacial score (nSPS) is 14.6. The highest BCUT2D eigenvalue weighted by Crippen LogP contribution is 2.24. The fraction of sp³-hybridized carbons (Fsp3) is 0.333. The molecule has 1 saturated heterocycles. The van der Waals surface area contributed by atoms with Gasteiger partial charge in [0.15, 0.2) is 0 Å². The summed E-state index contributed by atoms with van der Waals surface area (Å²) in [5, 5.41) is 24.8. The lowest BCUT2D eigenvalue weighted by molar-refractivity contribution is -0.159. The van der Waals surface area contributed by atoms with Crippen molar-refractivity contribution in [3.05, 3.63) is 58.1 Å². The lowest BCUT2D eigenvalue weighted by atomic mass is 10.1. The zero-order valence-electron chi connectivity index (χ0n) is 16.6. The summed E-state index contributed by atoms with van der Waals surface area (Å²) >= 11 is 5.26. The zero-order chi connectivity index (χ0) is 22.1. The number of benzene rings is 2. The van der Waals surface area contributed by atoms with Gasteiger partial charge in [0.05, 0.1) is 0 Å². The number of carboxylic acid groups (broad SMARTS) is 2. The Balaban J connectivity index is 0.000000469. The molecule has 0 amide bonds. The Kier molecular flexibility index (Phi) is 9.64. The number of piperazine rings is 1. The maximum Gasteiger partial charge on any atom is 0.414 e. The summed E-state index contributed by atoms with van der Waals surface area (Å²) in [5.41, 5.74) is 2.37. The number of phenolic OH excluding ortho intramolecular Hbond substituents is 1. The quantitative estimate of drug-likeness (QED) is 0.427. The summed E-state index contributed by atoms with van der Waals surface area (Å²) < 4.78 is 1.02. The topological polar surface area (TPSA) is 101 Å². The minimum atomic E-state index is -1.82. The maximum atomic E-state index is 10.00. The molecule has 0 unspecified atom stereocenters. The molecule has 7 nitrogen and oxygen atoms in total. The van der Waals surface area contributed by atoms with Gasteiger partial charge in [-0.15, -0.1) is 11.8 Å². The number of hydrogen-bond acceptors (Lipinski definition) is 6. The monoisotopic (exact) mass is 496 g/mol. The fourth-order valence-electron chi connectivity index (χ4n) is 3.02. The standard InChI is InChI=1S/C19H23BrN2OS.C2H2O4/c1-24-18-5-2-15(3-6-18)13-21-8-10-22(11-9-21)14-16-12-17(20)4-7-19(16)23;3-1(4)2(5)6/h2-7,12,23H,8-11,13-14H2,1H3;(H,3,4)(H,5,6). The maximum absolute atomic E-state index is 10.00. The van der Waals surface area contributed by atoms with Crippen LogP contribution >= 0.6 is 27.7 Å². The van der Waals surface area contributed by atoms with Crippen LogP contribution in [0.5, 0.6) is 5.75 Å². The molecule has 0 aromatic heterocycles. The first kappa shape index (κ1) is 24.2. The van der Waals surface area contributed by atoms with Crippen molar-refractivity contribution in [2.75, 3.05) is 32.4 Å². The third-order valence-corrected chi connectivity index (χ3v) is 5.89. The van der Waals surface area contributed by atoms with Gasteiger partial charge in [0.1, 0.15) is 5.75 Å². The van der Waals surface area contributed by atoms with Crippen LogP contribution in [0.1, 0.15) is 11.1 Å². The summed E-state index contributed by atoms with van der Waals surface area (Å²) in [6.45, 7) is 6.04. The van der Waals surface area contributed by atoms with E-state index in [4.69, 9.17) is 19.8 Å². The van der Waals surface area contributed by atoms with E-state index in [1.807, 2.05) is 12.1 Å². The minimum absolute atomic E-state index is 0.384. The number of phenols is 1. The number of nitrogens with zero attached hydrogens (tertiary/aromatic N) is 2. The lowest BCUT2D eigenvalue weighted by Gasteiger charge is -2.34. The average molecular weight is 497 g/mol. The van der Waals surface area contributed by atoms with Crippen molar-refractivity contribution in [3.8, 4) is 5.75 Å². The highest BCUT2D eigenvalue weighted by Gasteiger charge is 2.18. The van der Waals surface area contributed by atoms with E-state index in [1.165, 1.54) is 10.5 Å². The molecule has 2 aromatic carbocycles. The first-order valence-corrected chi connectivity index (χ1v) is 11.3. The molecule has 0 bridgehead atoms. The van der Waals surface area contributed by atoms with E-state index in [1.54, 1.807) is 17.8 Å². The van der Waals surface area contributed by atoms with Crippen LogP contribution in [0.4, 0.5) is 0 Å². The number of rotatable bonds is 5. The van der Waals surface area contributed by atoms with Crippen molar-refractivity contribution in [3.63, 3.8) is 0 Å². The van der Waals surface area contributed by atoms with Crippen LogP contribution in [-0.2, 0) is 22.7 Å². The van der Waals surface area contributed by atoms with Gasteiger partial charge >= 0.3 is 11.9 Å². The summed E-state index contributed by atoms with van der Waals surface area (Å²) in [7, 11) is 0. The predicted molar refractivity (Wildman–Crippen MR) is 120 cm³/mol. The van der Waals surface area contributed by atoms with Gasteiger partial charge in [-0.3, -0.25) is 9.80 Å². The molecule has 3 N–H and O–H groups in total. The largest absolute Gasteiger partial charge is 0.508 e. The number of halogens is 1. The van der Waals surface area contributed by atoms with Gasteiger partial charge in [0, 0.05) is 54.2 Å². The van der Waals surface area contributed by atoms with Crippen LogP contribution in [0.2, 0.25) is 0 Å². The van der Waals surface area contributed by atoms with Gasteiger partial charge in [0.2, 0.25) is 0 Å². The molecule has 0 atom stereocenters. The number of aromatic hydroxyl groups is 1. The van der Waals surface area contributed by atoms with Gasteiger partial charge in [-0.25, -0.2) is 9.59 Å². The van der Waals surface area contributed by atoms with Gasteiger partial charge in [-0.1, -0.05) is 28.1 Å². The van der Waals surface area contributed by atoms with Gasteiger partial charge in [-0.2, -0.15) is 0 Å². The molecule has 0 saturated carbocycles. The smallest absolute Gasteiger partial charge is 0.414 e. The molecular weight excluding hydrogens is 472 g/mol. The van der Waals surface area contributed by atoms with Crippen LogP contribution in [0.15, 0.2) is 51.8 Å². The third kappa shape index (κ3) is 7.98. The van der Waals surface area contributed by atoms with Crippen molar-refractivity contribution >= 4 is 39.6 Å². The molecule has 30 heavy (non-hydrogen) atoms. The van der Waals surface area contributed by atoms with Crippen LogP contribution in [0.25, 0.3) is 0 Å². The Bertz CT molecular complexity index is 843. The summed E-state index contributed by atoms with van der Waals surface area (Å²) in [6.07, 6.45) is 2.11. The van der Waals surface area contributed by atoms with Crippen LogP contribution in [0.3, 0.4) is 0 Å². The van der Waals surface area contributed by atoms with E-state index in [-0.39, 0.29) is 0 Å². The minimum Gasteiger partial charge on any atom is -0.508 e. The first-order chi connectivity index (χ1) is 14.3. The molecular formula is C21H25BrN2O5S. The van der Waals surface area contributed by atoms with Gasteiger partial charge in [0.25, 0.3) is 0 Å². The van der Waals surface area contributed by atoms with E-state index < -0.39 is 11.9 Å². The van der Waals surface area contributed by atoms with E-state index in [2.05, 4.69) is 56.3 Å². The Morgan fingerprint density at radius 2 is 1.47 bits per heavy atom. The van der Waals surface area contributed by atoms with Crippen molar-refractivity contribution in [1.29, 1.82) is 0 Å². The number of carboxylic acids is 2. The number of hydrogen-bond donors (Lipinski definition) is 3. The SMILES string of the molecule is CSc1ccc(CN2CCN(Cc3cc(Br)ccc3O)CC2)cc1.O=C(O)C(=O)O. The zero-order valence-corrected chi connectivity index (χ0v) is 19.0. The highest BCUT2D eigenvalue weighted by atomic mass is 79.9. The molecule has 9 heteroatoms. The molecule has 0 spiro atoms. The number of aliphatic carboxylic acids is 2. The van der Waals surface area contributed by atoms with Gasteiger partial charge < -0.3 is 15.3 Å². The summed E-state index contributed by atoms with van der Waals surface area (Å²) in [5.74, 6) is -3.26. The molecule has 162 valence electrons. The van der Waals surface area contributed by atoms with E-state index in [0.29, 0.717) is 5.75 Å². The van der Waals surface area contributed by atoms with Crippen LogP contribution in [-0.4, -0.2) is 69.5 Å². The average Bonchev–Trinajstić information content (AvgIpc) is 2.73. The second-order valence-corrected chi connectivity index (χ2v) is 8.58. The van der Waals surface area contributed by atoms with Crippen LogP contribution in [0, 0.1) is 0 Å². The van der Waals surface area contributed by atoms with E-state index >= 15 is 0 Å². The molecule has 1 heterocycles. The lowest BCUT2D eigenvalue weighted by Crippen LogP contribution is -2.45. The molecule has 0 radical (unpaired) electrons. The van der Waals surface area contributed by atoms with Crippen LogP contribution < -0.4 is 0 Å². The number of thioether (sulfide) groups is 1. The van der Waals surface area contributed by atoms with E-state index in [0.717, 1.165) is 49.3 Å². The van der Waals surface area contributed by atoms with Gasteiger partial charge in [-0.05, 0) is 42.2 Å². The molecule has 1 aliphatic rings. The molecule has 0 aliphatic carbocycles. The predicted octanol–water partition coefficient (Wildman–Crippen LogP) is 3.35. The Morgan fingerprint density at radius 1 is 0.933 bits per heavy atom. The Morgan fingerprint density at radius 3 is 1.97 bits per heavy atom. The Labute approximate surface area is 188 Å². The highest BCUT2D eigenvalue weighted by molar-refractivity contribution is 9.10. The van der Waals surface area contributed by atoms with Crippen molar-refractivity contribution in [2.24, 2.45) is 0 Å². The first-order valence-electron chi connectivity index (χ1n) is 9.29. The Hall–Kier alpha value is -2.07. The summed E-state index contributed by atoms with van der Waals surface area (Å²) in [6, 6.07) is 14.5. The molecule has 1 aliphatic heterocycles. The fourth-order valence-corrected chi connectivity index (χ4v) is 3.83. The van der Waals surface area contributed by atoms with Crippen molar-refractivity contribution < 1.29 is 24.9 Å². The molecule has 1 fully saturated rings. The summed E-state index contributed by atoms with van der Waals surface area (Å²) in [4.78, 5) is 24.4. The third-order valence-electron chi connectivity index (χ3n) is 4.65. The van der Waals surface area contributed by atoms with Crippen molar-refractivity contribution in [2.45, 2.75) is 18.0 Å².